The molecule has 16 heavy (non-hydrogen) atoms. The van der Waals surface area contributed by atoms with Gasteiger partial charge in [0.2, 0.25) is 0 Å². The largest absolute Gasteiger partial charge is 0.486 e. The highest BCUT2D eigenvalue weighted by atomic mass is 35.5. The number of hydrogen-bond acceptors (Lipinski definition) is 4. The minimum atomic E-state index is -0.0241. The molecule has 2 N–H and O–H groups in total. The number of ether oxygens (including phenoxy) is 2. The molecule has 1 aliphatic rings. The van der Waals surface area contributed by atoms with E-state index in [0.717, 1.165) is 6.42 Å². The van der Waals surface area contributed by atoms with Crippen LogP contribution in [0.15, 0.2) is 18.5 Å². The third-order valence-corrected chi connectivity index (χ3v) is 2.83. The van der Waals surface area contributed by atoms with Gasteiger partial charge in [-0.3, -0.25) is 4.98 Å². The highest BCUT2D eigenvalue weighted by Gasteiger charge is 2.41. The van der Waals surface area contributed by atoms with Gasteiger partial charge in [0.15, 0.2) is 0 Å². The van der Waals surface area contributed by atoms with E-state index in [1.807, 2.05) is 6.92 Å². The van der Waals surface area contributed by atoms with Crippen LogP contribution in [0.4, 0.5) is 0 Å². The Bertz CT molecular complexity index is 362. The second kappa shape index (κ2) is 4.99. The molecule has 0 saturated heterocycles. The maximum atomic E-state index is 5.84. The summed E-state index contributed by atoms with van der Waals surface area (Å²) >= 11 is 5.82. The first kappa shape index (κ1) is 11.6. The highest BCUT2D eigenvalue weighted by molar-refractivity contribution is 6.30. The van der Waals surface area contributed by atoms with Gasteiger partial charge in [0.1, 0.15) is 18.0 Å². The van der Waals surface area contributed by atoms with E-state index in [1.165, 1.54) is 0 Å². The number of rotatable bonds is 4. The number of nitrogens with two attached hydrogens (primary N) is 1. The van der Waals surface area contributed by atoms with E-state index in [4.69, 9.17) is 26.8 Å². The zero-order valence-corrected chi connectivity index (χ0v) is 9.85. The van der Waals surface area contributed by atoms with E-state index in [-0.39, 0.29) is 18.2 Å². The molecule has 1 saturated carbocycles. The summed E-state index contributed by atoms with van der Waals surface area (Å²) in [4.78, 5) is 3.96. The molecule has 0 bridgehead atoms. The van der Waals surface area contributed by atoms with Crippen molar-refractivity contribution in [2.24, 2.45) is 5.73 Å². The van der Waals surface area contributed by atoms with Crippen LogP contribution in [0, 0.1) is 0 Å². The molecule has 2 rings (SSSR count). The van der Waals surface area contributed by atoms with Crippen molar-refractivity contribution in [2.75, 3.05) is 6.61 Å². The van der Waals surface area contributed by atoms with Crippen molar-refractivity contribution in [3.05, 3.63) is 23.5 Å². The number of nitrogens with zero attached hydrogens (tertiary/aromatic N) is 1. The quantitative estimate of drug-likeness (QED) is 0.872. The fourth-order valence-electron chi connectivity index (χ4n) is 1.79. The van der Waals surface area contributed by atoms with Crippen molar-refractivity contribution < 1.29 is 9.47 Å². The van der Waals surface area contributed by atoms with E-state index in [0.29, 0.717) is 17.4 Å². The van der Waals surface area contributed by atoms with Gasteiger partial charge in [0, 0.05) is 31.3 Å². The van der Waals surface area contributed by atoms with E-state index in [1.54, 1.807) is 18.5 Å². The van der Waals surface area contributed by atoms with Crippen molar-refractivity contribution in [2.45, 2.75) is 31.6 Å². The Labute approximate surface area is 99.7 Å². The smallest absolute Gasteiger partial charge is 0.139 e. The molecular weight excluding hydrogens is 228 g/mol. The van der Waals surface area contributed by atoms with Gasteiger partial charge in [-0.15, -0.1) is 0 Å². The second-order valence-corrected chi connectivity index (χ2v) is 4.25. The van der Waals surface area contributed by atoms with Crippen LogP contribution < -0.4 is 10.5 Å². The summed E-state index contributed by atoms with van der Waals surface area (Å²) in [6.07, 6.45) is 4.00. The van der Waals surface area contributed by atoms with Gasteiger partial charge in [-0.25, -0.2) is 0 Å². The van der Waals surface area contributed by atoms with Gasteiger partial charge in [0.25, 0.3) is 0 Å². The zero-order valence-electron chi connectivity index (χ0n) is 9.10. The van der Waals surface area contributed by atoms with Crippen LogP contribution in [-0.4, -0.2) is 29.8 Å². The van der Waals surface area contributed by atoms with E-state index >= 15 is 0 Å². The van der Waals surface area contributed by atoms with E-state index in [9.17, 15) is 0 Å². The molecule has 0 aromatic carbocycles. The van der Waals surface area contributed by atoms with E-state index in [2.05, 4.69) is 4.98 Å². The lowest BCUT2D eigenvalue weighted by Crippen LogP contribution is -2.59. The fraction of sp³-hybridized carbons (Fsp3) is 0.545. The third kappa shape index (κ3) is 2.45. The topological polar surface area (TPSA) is 57.4 Å². The molecular formula is C11H15ClN2O2. The summed E-state index contributed by atoms with van der Waals surface area (Å²) in [5.74, 6) is 0.661. The van der Waals surface area contributed by atoms with Crippen LogP contribution in [0.5, 0.6) is 5.75 Å². The molecule has 0 amide bonds. The summed E-state index contributed by atoms with van der Waals surface area (Å²) in [5.41, 5.74) is 5.84. The minimum Gasteiger partial charge on any atom is -0.486 e. The molecule has 3 unspecified atom stereocenters. The molecule has 5 heteroatoms. The van der Waals surface area contributed by atoms with Crippen LogP contribution in [0.1, 0.15) is 13.3 Å². The molecule has 3 atom stereocenters. The van der Waals surface area contributed by atoms with Crippen molar-refractivity contribution in [3.8, 4) is 5.75 Å². The van der Waals surface area contributed by atoms with Gasteiger partial charge in [-0.2, -0.15) is 0 Å². The van der Waals surface area contributed by atoms with Gasteiger partial charge >= 0.3 is 0 Å². The van der Waals surface area contributed by atoms with Crippen LogP contribution in [-0.2, 0) is 4.74 Å². The standard InChI is InChI=1S/C11H15ClN2O2/c1-2-15-11-9(13)4-10(11)16-8-3-7(12)5-14-6-8/h3,5-6,9-11H,2,4,13H2,1H3. The number of hydrogen-bond donors (Lipinski definition) is 1. The molecule has 0 spiro atoms. The molecule has 88 valence electrons. The normalized spacial score (nSPS) is 28.6. The van der Waals surface area contributed by atoms with Gasteiger partial charge in [-0.05, 0) is 6.92 Å². The fourth-order valence-corrected chi connectivity index (χ4v) is 1.95. The molecule has 1 aromatic heterocycles. The average Bonchev–Trinajstić information content (AvgIpc) is 2.26. The molecule has 4 nitrogen and oxygen atoms in total. The minimum absolute atomic E-state index is 0.00946. The summed E-state index contributed by atoms with van der Waals surface area (Å²) in [6, 6.07) is 1.80. The monoisotopic (exact) mass is 242 g/mol. The summed E-state index contributed by atoms with van der Waals surface area (Å²) in [7, 11) is 0. The SMILES string of the molecule is CCOC1C(N)CC1Oc1cncc(Cl)c1. The molecule has 0 aliphatic heterocycles. The third-order valence-electron chi connectivity index (χ3n) is 2.62. The van der Waals surface area contributed by atoms with Crippen molar-refractivity contribution in [1.29, 1.82) is 0 Å². The Morgan fingerprint density at radius 3 is 3.00 bits per heavy atom. The Hall–Kier alpha value is -0.840. The van der Waals surface area contributed by atoms with Crippen LogP contribution in [0.3, 0.4) is 0 Å². The first-order chi connectivity index (χ1) is 7.70. The number of halogens is 1. The number of aromatic nitrogens is 1. The Kier molecular flexibility index (Phi) is 3.63. The van der Waals surface area contributed by atoms with Crippen molar-refractivity contribution >= 4 is 11.6 Å². The molecule has 0 radical (unpaired) electrons. The maximum Gasteiger partial charge on any atom is 0.139 e. The van der Waals surface area contributed by atoms with Gasteiger partial charge in [-0.1, -0.05) is 11.6 Å². The van der Waals surface area contributed by atoms with Crippen molar-refractivity contribution in [1.82, 2.24) is 4.98 Å². The molecule has 1 heterocycles. The molecule has 1 fully saturated rings. The number of pyridine rings is 1. The second-order valence-electron chi connectivity index (χ2n) is 3.81. The maximum absolute atomic E-state index is 5.84. The van der Waals surface area contributed by atoms with Gasteiger partial charge < -0.3 is 15.2 Å². The lowest BCUT2D eigenvalue weighted by molar-refractivity contribution is -0.0946. The van der Waals surface area contributed by atoms with Crippen LogP contribution in [0.25, 0.3) is 0 Å². The Morgan fingerprint density at radius 2 is 2.38 bits per heavy atom. The Balaban J connectivity index is 1.95. The van der Waals surface area contributed by atoms with Gasteiger partial charge in [0.05, 0.1) is 11.2 Å². The molecule has 1 aliphatic carbocycles. The predicted octanol–water partition coefficient (Wildman–Crippen LogP) is 1.62. The summed E-state index contributed by atoms with van der Waals surface area (Å²) in [6.45, 7) is 2.59. The van der Waals surface area contributed by atoms with Crippen molar-refractivity contribution in [3.63, 3.8) is 0 Å². The molecule has 1 aromatic rings. The zero-order chi connectivity index (χ0) is 11.5. The first-order valence-corrected chi connectivity index (χ1v) is 5.73. The van der Waals surface area contributed by atoms with E-state index < -0.39 is 0 Å². The average molecular weight is 243 g/mol. The highest BCUT2D eigenvalue weighted by Crippen LogP contribution is 2.28. The summed E-state index contributed by atoms with van der Waals surface area (Å²) < 4.78 is 11.2. The lowest BCUT2D eigenvalue weighted by atomic mass is 9.86. The summed E-state index contributed by atoms with van der Waals surface area (Å²) in [5, 5.41) is 0.564. The predicted molar refractivity (Wildman–Crippen MR) is 61.7 cm³/mol. The lowest BCUT2D eigenvalue weighted by Gasteiger charge is -2.41. The van der Waals surface area contributed by atoms with Crippen LogP contribution in [0.2, 0.25) is 5.02 Å². The Morgan fingerprint density at radius 1 is 1.56 bits per heavy atom. The first-order valence-electron chi connectivity index (χ1n) is 5.35. The van der Waals surface area contributed by atoms with Crippen LogP contribution >= 0.6 is 11.6 Å².